The summed E-state index contributed by atoms with van der Waals surface area (Å²) in [5, 5.41) is 3.08. The lowest BCUT2D eigenvalue weighted by Crippen LogP contribution is -2.48. The highest BCUT2D eigenvalue weighted by atomic mass is 16.5. The minimum Gasteiger partial charge on any atom is -0.489 e. The first-order chi connectivity index (χ1) is 14.9. The van der Waals surface area contributed by atoms with Crippen LogP contribution in [0.5, 0.6) is 5.75 Å². The van der Waals surface area contributed by atoms with Gasteiger partial charge in [-0.15, -0.1) is 0 Å². The first-order valence-corrected chi connectivity index (χ1v) is 10.7. The number of benzene rings is 2. The Hall–Kier alpha value is -3.28. The van der Waals surface area contributed by atoms with Crippen molar-refractivity contribution >= 4 is 6.03 Å². The molecule has 0 atom stereocenters. The van der Waals surface area contributed by atoms with Gasteiger partial charge in [0.25, 0.3) is 0 Å². The topological polar surface area (TPSA) is 59.4 Å². The molecule has 0 aliphatic heterocycles. The van der Waals surface area contributed by atoms with Crippen LogP contribution >= 0.6 is 0 Å². The van der Waals surface area contributed by atoms with Crippen LogP contribution in [-0.4, -0.2) is 32.6 Å². The molecular weight excluding hydrogens is 388 g/mol. The lowest BCUT2D eigenvalue weighted by molar-refractivity contribution is 0.184. The summed E-state index contributed by atoms with van der Waals surface area (Å²) < 4.78 is 7.90. The largest absolute Gasteiger partial charge is 0.489 e. The molecule has 0 radical (unpaired) electrons. The Bertz CT molecular complexity index is 916. The van der Waals surface area contributed by atoms with Crippen molar-refractivity contribution in [3.8, 4) is 5.75 Å². The third kappa shape index (κ3) is 7.81. The van der Waals surface area contributed by atoms with Gasteiger partial charge in [0.15, 0.2) is 0 Å². The van der Waals surface area contributed by atoms with Crippen molar-refractivity contribution in [2.24, 2.45) is 0 Å². The van der Waals surface area contributed by atoms with E-state index >= 15 is 0 Å². The molecule has 3 aromatic rings. The van der Waals surface area contributed by atoms with Crippen LogP contribution in [0.4, 0.5) is 4.79 Å². The molecule has 3 rings (SSSR count). The van der Waals surface area contributed by atoms with Crippen molar-refractivity contribution in [3.05, 3.63) is 84.4 Å². The van der Waals surface area contributed by atoms with Crippen LogP contribution in [0, 0.1) is 0 Å². The van der Waals surface area contributed by atoms with Crippen molar-refractivity contribution in [1.29, 1.82) is 0 Å². The highest BCUT2D eigenvalue weighted by Crippen LogP contribution is 2.16. The monoisotopic (exact) mass is 420 g/mol. The molecule has 0 aliphatic rings. The maximum absolute atomic E-state index is 12.9. The summed E-state index contributed by atoms with van der Waals surface area (Å²) in [6.45, 7) is 8.55. The fourth-order valence-corrected chi connectivity index (χ4v) is 3.17. The molecule has 1 heterocycles. The molecule has 1 aromatic heterocycles. The molecule has 2 aromatic carbocycles. The van der Waals surface area contributed by atoms with Crippen molar-refractivity contribution < 1.29 is 9.53 Å². The molecule has 6 heteroatoms. The summed E-state index contributed by atoms with van der Waals surface area (Å²) in [6, 6.07) is 18.0. The normalized spacial score (nSPS) is 11.2. The number of nitrogens with one attached hydrogen (secondary N) is 1. The summed E-state index contributed by atoms with van der Waals surface area (Å²) in [7, 11) is 0. The van der Waals surface area contributed by atoms with E-state index in [0.717, 1.165) is 29.8 Å². The first kappa shape index (κ1) is 22.4. The Morgan fingerprint density at radius 3 is 2.45 bits per heavy atom. The molecule has 6 nitrogen and oxygen atoms in total. The zero-order chi connectivity index (χ0) is 22.1. The predicted molar refractivity (Wildman–Crippen MR) is 123 cm³/mol. The summed E-state index contributed by atoms with van der Waals surface area (Å²) in [5.41, 5.74) is 1.92. The average Bonchev–Trinajstić information content (AvgIpc) is 3.25. The second-order valence-corrected chi connectivity index (χ2v) is 8.67. The Morgan fingerprint density at radius 2 is 1.81 bits per heavy atom. The second kappa shape index (κ2) is 10.7. The van der Waals surface area contributed by atoms with Gasteiger partial charge < -0.3 is 19.5 Å². The minimum absolute atomic E-state index is 0.0532. The number of imidazole rings is 1. The number of rotatable bonds is 9. The van der Waals surface area contributed by atoms with Gasteiger partial charge in [-0.25, -0.2) is 9.78 Å². The number of hydrogen-bond acceptors (Lipinski definition) is 3. The average molecular weight is 421 g/mol. The van der Waals surface area contributed by atoms with Gasteiger partial charge in [0.2, 0.25) is 0 Å². The molecule has 31 heavy (non-hydrogen) atoms. The van der Waals surface area contributed by atoms with Crippen LogP contribution < -0.4 is 10.1 Å². The van der Waals surface area contributed by atoms with Gasteiger partial charge in [0.1, 0.15) is 12.4 Å². The fourth-order valence-electron chi connectivity index (χ4n) is 3.17. The number of urea groups is 1. The number of carbonyl (C=O) groups is 1. The summed E-state index contributed by atoms with van der Waals surface area (Å²) in [5.74, 6) is 0.818. The van der Waals surface area contributed by atoms with E-state index in [1.807, 2.05) is 91.0 Å². The van der Waals surface area contributed by atoms with Crippen molar-refractivity contribution in [3.63, 3.8) is 0 Å². The molecule has 0 fully saturated rings. The van der Waals surface area contributed by atoms with Gasteiger partial charge in [-0.05, 0) is 50.5 Å². The van der Waals surface area contributed by atoms with Crippen LogP contribution in [0.25, 0.3) is 0 Å². The molecule has 2 amide bonds. The molecular formula is C25H32N4O2. The predicted octanol–water partition coefficient (Wildman–Crippen LogP) is 4.86. The first-order valence-electron chi connectivity index (χ1n) is 10.7. The van der Waals surface area contributed by atoms with Crippen LogP contribution in [0.2, 0.25) is 0 Å². The third-order valence-electron chi connectivity index (χ3n) is 4.72. The molecule has 0 unspecified atom stereocenters. The lowest BCUT2D eigenvalue weighted by atomic mass is 10.1. The lowest BCUT2D eigenvalue weighted by Gasteiger charge is -2.28. The van der Waals surface area contributed by atoms with Crippen LogP contribution in [0.1, 0.15) is 38.3 Å². The van der Waals surface area contributed by atoms with Gasteiger partial charge in [0, 0.05) is 37.6 Å². The SMILES string of the molecule is CC(C)(C)NC(=O)N(CCCn1ccnc1)Cc1ccc(OCc2ccccc2)cc1. The van der Waals surface area contributed by atoms with Crippen molar-refractivity contribution in [2.75, 3.05) is 6.54 Å². The van der Waals surface area contributed by atoms with Crippen LogP contribution in [0.3, 0.4) is 0 Å². The molecule has 0 spiro atoms. The zero-order valence-electron chi connectivity index (χ0n) is 18.6. The Morgan fingerprint density at radius 1 is 1.06 bits per heavy atom. The maximum atomic E-state index is 12.9. The van der Waals surface area contributed by atoms with E-state index in [1.54, 1.807) is 12.5 Å². The van der Waals surface area contributed by atoms with Gasteiger partial charge in [-0.1, -0.05) is 42.5 Å². The van der Waals surface area contributed by atoms with Gasteiger partial charge in [0.05, 0.1) is 6.33 Å². The van der Waals surface area contributed by atoms with Crippen LogP contribution in [-0.2, 0) is 19.7 Å². The van der Waals surface area contributed by atoms with E-state index < -0.39 is 0 Å². The van der Waals surface area contributed by atoms with E-state index in [-0.39, 0.29) is 11.6 Å². The molecule has 0 saturated carbocycles. The summed E-state index contributed by atoms with van der Waals surface area (Å²) >= 11 is 0. The van der Waals surface area contributed by atoms with E-state index in [4.69, 9.17) is 4.74 Å². The van der Waals surface area contributed by atoms with E-state index in [2.05, 4.69) is 10.3 Å². The minimum atomic E-state index is -0.283. The number of carbonyl (C=O) groups excluding carboxylic acids is 1. The smallest absolute Gasteiger partial charge is 0.318 e. The highest BCUT2D eigenvalue weighted by molar-refractivity contribution is 5.75. The van der Waals surface area contributed by atoms with Gasteiger partial charge >= 0.3 is 6.03 Å². The number of aromatic nitrogens is 2. The number of nitrogens with zero attached hydrogens (tertiary/aromatic N) is 3. The Labute approximate surface area is 184 Å². The fraction of sp³-hybridized carbons (Fsp3) is 0.360. The van der Waals surface area contributed by atoms with E-state index in [1.165, 1.54) is 0 Å². The second-order valence-electron chi connectivity index (χ2n) is 8.67. The number of amides is 2. The summed E-state index contributed by atoms with van der Waals surface area (Å²) in [4.78, 5) is 18.8. The quantitative estimate of drug-likeness (QED) is 0.538. The molecule has 0 bridgehead atoms. The molecule has 0 saturated heterocycles. The number of hydrogen-bond donors (Lipinski definition) is 1. The van der Waals surface area contributed by atoms with E-state index in [0.29, 0.717) is 19.7 Å². The number of ether oxygens (including phenoxy) is 1. The van der Waals surface area contributed by atoms with Crippen molar-refractivity contribution in [2.45, 2.75) is 52.4 Å². The standard InChI is InChI=1S/C25H32N4O2/c1-25(2,3)27-24(30)29(16-7-15-28-17-14-26-20-28)18-21-10-12-23(13-11-21)31-19-22-8-5-4-6-9-22/h4-6,8-14,17,20H,7,15-16,18-19H2,1-3H3,(H,27,30). The van der Waals surface area contributed by atoms with Gasteiger partial charge in [-0.3, -0.25) is 0 Å². The summed E-state index contributed by atoms with van der Waals surface area (Å²) in [6.07, 6.45) is 6.36. The molecule has 1 N–H and O–H groups in total. The Balaban J connectivity index is 1.58. The molecule has 164 valence electrons. The maximum Gasteiger partial charge on any atom is 0.318 e. The van der Waals surface area contributed by atoms with Crippen molar-refractivity contribution in [1.82, 2.24) is 19.8 Å². The number of aryl methyl sites for hydroxylation is 1. The Kier molecular flexibility index (Phi) is 7.70. The zero-order valence-corrected chi connectivity index (χ0v) is 18.6. The molecule has 0 aliphatic carbocycles. The third-order valence-corrected chi connectivity index (χ3v) is 4.72. The van der Waals surface area contributed by atoms with E-state index in [9.17, 15) is 4.79 Å². The van der Waals surface area contributed by atoms with Crippen LogP contribution in [0.15, 0.2) is 73.3 Å². The van der Waals surface area contributed by atoms with Gasteiger partial charge in [-0.2, -0.15) is 0 Å². The highest BCUT2D eigenvalue weighted by Gasteiger charge is 2.19.